The van der Waals surface area contributed by atoms with E-state index >= 15 is 0 Å². The Kier molecular flexibility index (Phi) is 4.18. The first-order valence-corrected chi connectivity index (χ1v) is 6.47. The molecule has 20 heavy (non-hydrogen) atoms. The van der Waals surface area contributed by atoms with Gasteiger partial charge < -0.3 is 0 Å². The molecule has 0 atom stereocenters. The summed E-state index contributed by atoms with van der Waals surface area (Å²) < 4.78 is 27.9. The third kappa shape index (κ3) is 3.04. The first kappa shape index (κ1) is 14.7. The highest BCUT2D eigenvalue weighted by atomic mass is 35.5. The van der Waals surface area contributed by atoms with Gasteiger partial charge in [0.1, 0.15) is 22.6 Å². The highest BCUT2D eigenvalue weighted by Crippen LogP contribution is 2.16. The number of rotatable bonds is 3. The van der Waals surface area contributed by atoms with Gasteiger partial charge in [-0.25, -0.2) is 13.8 Å². The van der Waals surface area contributed by atoms with E-state index in [0.717, 1.165) is 12.1 Å². The molecule has 0 aliphatic carbocycles. The second-order valence-corrected chi connectivity index (χ2v) is 5.14. The molecule has 0 fully saturated rings. The molecule has 0 unspecified atom stereocenters. The summed E-state index contributed by atoms with van der Waals surface area (Å²) in [4.78, 5) is 16.1. The van der Waals surface area contributed by atoms with Crippen molar-refractivity contribution >= 4 is 11.6 Å². The van der Waals surface area contributed by atoms with E-state index < -0.39 is 11.6 Å². The van der Waals surface area contributed by atoms with Crippen LogP contribution in [0.3, 0.4) is 0 Å². The van der Waals surface area contributed by atoms with Gasteiger partial charge in [0.2, 0.25) is 0 Å². The van der Waals surface area contributed by atoms with E-state index in [1.54, 1.807) is 0 Å². The minimum atomic E-state index is -0.693. The number of hydrogen-bond acceptors (Lipinski definition) is 2. The minimum absolute atomic E-state index is 0.0113. The molecule has 0 saturated heterocycles. The van der Waals surface area contributed by atoms with Gasteiger partial charge in [0.25, 0.3) is 5.56 Å². The van der Waals surface area contributed by atoms with E-state index in [4.69, 9.17) is 11.6 Å². The topological polar surface area (TPSA) is 34.9 Å². The van der Waals surface area contributed by atoms with Crippen LogP contribution >= 0.6 is 11.6 Å². The SMILES string of the molecule is CC(C)c1nc(Cl)cc(=O)n1Cc1ccc(F)cc1F. The van der Waals surface area contributed by atoms with Crippen molar-refractivity contribution in [3.63, 3.8) is 0 Å². The molecule has 1 heterocycles. The zero-order chi connectivity index (χ0) is 14.9. The first-order chi connectivity index (χ1) is 9.38. The third-order valence-corrected chi connectivity index (χ3v) is 3.06. The lowest BCUT2D eigenvalue weighted by Crippen LogP contribution is -2.26. The fraction of sp³-hybridized carbons (Fsp3) is 0.286. The molecular weight excluding hydrogens is 286 g/mol. The molecule has 0 N–H and O–H groups in total. The fourth-order valence-electron chi connectivity index (χ4n) is 1.91. The van der Waals surface area contributed by atoms with E-state index in [2.05, 4.69) is 4.98 Å². The van der Waals surface area contributed by atoms with Crippen molar-refractivity contribution in [2.75, 3.05) is 0 Å². The zero-order valence-electron chi connectivity index (χ0n) is 11.0. The summed E-state index contributed by atoms with van der Waals surface area (Å²) in [5, 5.41) is 0.106. The van der Waals surface area contributed by atoms with Crippen LogP contribution in [0.15, 0.2) is 29.1 Å². The van der Waals surface area contributed by atoms with E-state index in [-0.39, 0.29) is 28.7 Å². The molecule has 1 aromatic heterocycles. The Morgan fingerprint density at radius 3 is 2.60 bits per heavy atom. The van der Waals surface area contributed by atoms with Crippen LogP contribution in [-0.4, -0.2) is 9.55 Å². The lowest BCUT2D eigenvalue weighted by Gasteiger charge is -2.15. The Labute approximate surface area is 119 Å². The molecule has 6 heteroatoms. The van der Waals surface area contributed by atoms with E-state index in [1.165, 1.54) is 16.7 Å². The minimum Gasteiger partial charge on any atom is -0.292 e. The lowest BCUT2D eigenvalue weighted by atomic mass is 10.1. The molecule has 0 spiro atoms. The molecule has 1 aromatic carbocycles. The van der Waals surface area contributed by atoms with Crippen molar-refractivity contribution in [3.05, 3.63) is 62.8 Å². The molecule has 0 bridgehead atoms. The van der Waals surface area contributed by atoms with Gasteiger partial charge in [-0.2, -0.15) is 0 Å². The smallest absolute Gasteiger partial charge is 0.255 e. The van der Waals surface area contributed by atoms with Crippen molar-refractivity contribution in [2.24, 2.45) is 0 Å². The highest BCUT2D eigenvalue weighted by Gasteiger charge is 2.13. The summed E-state index contributed by atoms with van der Waals surface area (Å²) in [7, 11) is 0. The maximum Gasteiger partial charge on any atom is 0.255 e. The van der Waals surface area contributed by atoms with Crippen molar-refractivity contribution in [1.29, 1.82) is 0 Å². The van der Waals surface area contributed by atoms with Gasteiger partial charge in [-0.1, -0.05) is 31.5 Å². The average molecular weight is 299 g/mol. The quantitative estimate of drug-likeness (QED) is 0.815. The lowest BCUT2D eigenvalue weighted by molar-refractivity contribution is 0.553. The Balaban J connectivity index is 2.50. The Hall–Kier alpha value is -1.75. The van der Waals surface area contributed by atoms with Crippen molar-refractivity contribution in [2.45, 2.75) is 26.3 Å². The van der Waals surface area contributed by atoms with Gasteiger partial charge in [-0.05, 0) is 6.07 Å². The molecular formula is C14H13ClF2N2O. The van der Waals surface area contributed by atoms with Gasteiger partial charge in [0.15, 0.2) is 0 Å². The summed E-state index contributed by atoms with van der Waals surface area (Å²) in [5.74, 6) is -0.936. The number of benzene rings is 1. The molecule has 0 radical (unpaired) electrons. The van der Waals surface area contributed by atoms with E-state index in [9.17, 15) is 13.6 Å². The molecule has 106 valence electrons. The predicted octanol–water partition coefficient (Wildman–Crippen LogP) is 3.35. The second kappa shape index (κ2) is 5.71. The van der Waals surface area contributed by atoms with Crippen LogP contribution < -0.4 is 5.56 Å². The first-order valence-electron chi connectivity index (χ1n) is 6.09. The van der Waals surface area contributed by atoms with Crippen LogP contribution in [0.4, 0.5) is 8.78 Å². The second-order valence-electron chi connectivity index (χ2n) is 4.75. The van der Waals surface area contributed by atoms with Gasteiger partial charge in [0.05, 0.1) is 6.54 Å². The molecule has 0 aliphatic heterocycles. The van der Waals surface area contributed by atoms with Crippen molar-refractivity contribution < 1.29 is 8.78 Å². The standard InChI is InChI=1S/C14H13ClF2N2O/c1-8(2)14-18-12(15)6-13(20)19(14)7-9-3-4-10(16)5-11(9)17/h3-6,8H,7H2,1-2H3. The van der Waals surface area contributed by atoms with Crippen LogP contribution in [0, 0.1) is 11.6 Å². The Morgan fingerprint density at radius 1 is 1.30 bits per heavy atom. The van der Waals surface area contributed by atoms with Crippen LogP contribution in [0.5, 0.6) is 0 Å². The fourth-order valence-corrected chi connectivity index (χ4v) is 2.09. The van der Waals surface area contributed by atoms with E-state index in [0.29, 0.717) is 5.82 Å². The summed E-state index contributed by atoms with van der Waals surface area (Å²) >= 11 is 5.77. The summed E-state index contributed by atoms with van der Waals surface area (Å²) in [6.45, 7) is 3.70. The summed E-state index contributed by atoms with van der Waals surface area (Å²) in [5.41, 5.74) is -0.142. The normalized spacial score (nSPS) is 11.1. The summed E-state index contributed by atoms with van der Waals surface area (Å²) in [6.07, 6.45) is 0. The van der Waals surface area contributed by atoms with Crippen molar-refractivity contribution in [3.8, 4) is 0 Å². The van der Waals surface area contributed by atoms with Crippen LogP contribution in [0.25, 0.3) is 0 Å². The largest absolute Gasteiger partial charge is 0.292 e. The highest BCUT2D eigenvalue weighted by molar-refractivity contribution is 6.29. The van der Waals surface area contributed by atoms with Gasteiger partial charge >= 0.3 is 0 Å². The molecule has 2 rings (SSSR count). The Morgan fingerprint density at radius 2 is 2.00 bits per heavy atom. The number of hydrogen-bond donors (Lipinski definition) is 0. The van der Waals surface area contributed by atoms with Crippen molar-refractivity contribution in [1.82, 2.24) is 9.55 Å². The van der Waals surface area contributed by atoms with Gasteiger partial charge in [-0.15, -0.1) is 0 Å². The van der Waals surface area contributed by atoms with Crippen LogP contribution in [-0.2, 0) is 6.54 Å². The van der Waals surface area contributed by atoms with Gasteiger partial charge in [-0.3, -0.25) is 9.36 Å². The third-order valence-electron chi connectivity index (χ3n) is 2.87. The Bertz CT molecular complexity index is 698. The zero-order valence-corrected chi connectivity index (χ0v) is 11.8. The maximum atomic E-state index is 13.7. The summed E-state index contributed by atoms with van der Waals surface area (Å²) in [6, 6.07) is 4.44. The monoisotopic (exact) mass is 298 g/mol. The number of halogens is 3. The maximum absolute atomic E-state index is 13.7. The van der Waals surface area contributed by atoms with Crippen LogP contribution in [0.1, 0.15) is 31.2 Å². The molecule has 0 amide bonds. The van der Waals surface area contributed by atoms with Gasteiger partial charge in [0, 0.05) is 23.6 Å². The number of nitrogens with zero attached hydrogens (tertiary/aromatic N) is 2. The average Bonchev–Trinajstić information content (AvgIpc) is 2.34. The number of aromatic nitrogens is 2. The molecule has 3 nitrogen and oxygen atoms in total. The van der Waals surface area contributed by atoms with Crippen LogP contribution in [0.2, 0.25) is 5.15 Å². The van der Waals surface area contributed by atoms with E-state index in [1.807, 2.05) is 13.8 Å². The predicted molar refractivity (Wildman–Crippen MR) is 73.1 cm³/mol. The molecule has 0 saturated carbocycles. The molecule has 2 aromatic rings. The molecule has 0 aliphatic rings.